The first-order chi connectivity index (χ1) is 12.1. The minimum Gasteiger partial charge on any atom is -0.347 e. The van der Waals surface area contributed by atoms with Crippen molar-refractivity contribution in [3.05, 3.63) is 60.4 Å². The molecule has 6 heteroatoms. The maximum Gasteiger partial charge on any atom is 0.270 e. The summed E-state index contributed by atoms with van der Waals surface area (Å²) in [7, 11) is 1.90. The standard InChI is InChI=1S/C19H21N5O/c1-14-10-21-18(16-5-7-20-8-6-16)24(14)13-15-11-23(12-15)19(25)17-4-3-9-22(17)2/h3-10,15H,11-13H2,1-2H3. The summed E-state index contributed by atoms with van der Waals surface area (Å²) in [4.78, 5) is 23.0. The molecule has 0 radical (unpaired) electrons. The molecule has 0 N–H and O–H groups in total. The van der Waals surface area contributed by atoms with Crippen molar-refractivity contribution in [2.24, 2.45) is 13.0 Å². The Hall–Kier alpha value is -2.89. The van der Waals surface area contributed by atoms with E-state index in [1.807, 2.05) is 53.2 Å². The number of carbonyl (C=O) groups is 1. The van der Waals surface area contributed by atoms with Crippen LogP contribution in [-0.4, -0.2) is 43.0 Å². The van der Waals surface area contributed by atoms with Gasteiger partial charge in [-0.3, -0.25) is 9.78 Å². The number of likely N-dealkylation sites (tertiary alicyclic amines) is 1. The molecule has 3 aromatic rings. The first kappa shape index (κ1) is 15.6. The van der Waals surface area contributed by atoms with Gasteiger partial charge in [-0.15, -0.1) is 0 Å². The first-order valence-electron chi connectivity index (χ1n) is 8.46. The Morgan fingerprint density at radius 1 is 1.24 bits per heavy atom. The highest BCUT2D eigenvalue weighted by molar-refractivity contribution is 5.93. The maximum absolute atomic E-state index is 12.5. The molecule has 0 aliphatic carbocycles. The number of imidazole rings is 1. The summed E-state index contributed by atoms with van der Waals surface area (Å²) in [6.07, 6.45) is 7.38. The van der Waals surface area contributed by atoms with E-state index < -0.39 is 0 Å². The van der Waals surface area contributed by atoms with Gasteiger partial charge in [-0.1, -0.05) is 0 Å². The molecule has 6 nitrogen and oxygen atoms in total. The van der Waals surface area contributed by atoms with Crippen molar-refractivity contribution in [3.63, 3.8) is 0 Å². The van der Waals surface area contributed by atoms with Crippen LogP contribution >= 0.6 is 0 Å². The Bertz CT molecular complexity index is 890. The average Bonchev–Trinajstić information content (AvgIpc) is 3.17. The topological polar surface area (TPSA) is 56.0 Å². The minimum atomic E-state index is 0.112. The zero-order chi connectivity index (χ0) is 17.4. The summed E-state index contributed by atoms with van der Waals surface area (Å²) in [5.74, 6) is 1.53. The summed E-state index contributed by atoms with van der Waals surface area (Å²) >= 11 is 0. The number of aromatic nitrogens is 4. The molecule has 1 aliphatic heterocycles. The lowest BCUT2D eigenvalue weighted by molar-refractivity contribution is 0.0459. The molecule has 1 aliphatic rings. The number of nitrogens with zero attached hydrogens (tertiary/aromatic N) is 5. The average molecular weight is 335 g/mol. The van der Waals surface area contributed by atoms with Gasteiger partial charge in [0.1, 0.15) is 11.5 Å². The van der Waals surface area contributed by atoms with Crippen molar-refractivity contribution in [2.45, 2.75) is 13.5 Å². The van der Waals surface area contributed by atoms with E-state index in [0.717, 1.165) is 42.4 Å². The maximum atomic E-state index is 12.5. The molecular formula is C19H21N5O. The van der Waals surface area contributed by atoms with Crippen molar-refractivity contribution in [3.8, 4) is 11.4 Å². The van der Waals surface area contributed by atoms with Gasteiger partial charge in [-0.05, 0) is 31.2 Å². The van der Waals surface area contributed by atoms with Gasteiger partial charge in [0.2, 0.25) is 0 Å². The molecular weight excluding hydrogens is 314 g/mol. The van der Waals surface area contributed by atoms with Crippen molar-refractivity contribution in [1.82, 2.24) is 24.0 Å². The molecule has 3 aromatic heterocycles. The number of hydrogen-bond acceptors (Lipinski definition) is 3. The van der Waals surface area contributed by atoms with E-state index in [-0.39, 0.29) is 5.91 Å². The van der Waals surface area contributed by atoms with Crippen LogP contribution in [0.5, 0.6) is 0 Å². The van der Waals surface area contributed by atoms with Crippen LogP contribution in [0.1, 0.15) is 16.2 Å². The fourth-order valence-electron chi connectivity index (χ4n) is 3.38. The Labute approximate surface area is 146 Å². The molecule has 25 heavy (non-hydrogen) atoms. The molecule has 0 aromatic carbocycles. The number of hydrogen-bond donors (Lipinski definition) is 0. The molecule has 0 saturated carbocycles. The second-order valence-electron chi connectivity index (χ2n) is 6.65. The normalized spacial score (nSPS) is 14.6. The Balaban J connectivity index is 1.45. The zero-order valence-electron chi connectivity index (χ0n) is 14.5. The van der Waals surface area contributed by atoms with Gasteiger partial charge in [-0.25, -0.2) is 4.98 Å². The smallest absolute Gasteiger partial charge is 0.270 e. The molecule has 1 saturated heterocycles. The van der Waals surface area contributed by atoms with Crippen LogP contribution in [0.3, 0.4) is 0 Å². The van der Waals surface area contributed by atoms with E-state index in [0.29, 0.717) is 5.92 Å². The van der Waals surface area contributed by atoms with Gasteiger partial charge in [0, 0.05) is 68.6 Å². The summed E-state index contributed by atoms with van der Waals surface area (Å²) in [5, 5.41) is 0. The molecule has 1 amide bonds. The van der Waals surface area contributed by atoms with E-state index in [4.69, 9.17) is 0 Å². The summed E-state index contributed by atoms with van der Waals surface area (Å²) in [6.45, 7) is 4.53. The van der Waals surface area contributed by atoms with E-state index in [9.17, 15) is 4.79 Å². The van der Waals surface area contributed by atoms with E-state index in [1.54, 1.807) is 12.4 Å². The molecule has 128 valence electrons. The molecule has 4 heterocycles. The largest absolute Gasteiger partial charge is 0.347 e. The van der Waals surface area contributed by atoms with Gasteiger partial charge in [0.15, 0.2) is 0 Å². The molecule has 0 atom stereocenters. The van der Waals surface area contributed by atoms with E-state index in [1.165, 1.54) is 0 Å². The third-order valence-electron chi connectivity index (χ3n) is 4.84. The number of carbonyl (C=O) groups excluding carboxylic acids is 1. The quantitative estimate of drug-likeness (QED) is 0.735. The van der Waals surface area contributed by atoms with Gasteiger partial charge in [-0.2, -0.15) is 0 Å². The highest BCUT2D eigenvalue weighted by Gasteiger charge is 2.32. The third kappa shape index (κ3) is 2.84. The van der Waals surface area contributed by atoms with Crippen molar-refractivity contribution in [1.29, 1.82) is 0 Å². The van der Waals surface area contributed by atoms with Gasteiger partial charge >= 0.3 is 0 Å². The predicted octanol–water partition coefficient (Wildman–Crippen LogP) is 2.36. The highest BCUT2D eigenvalue weighted by Crippen LogP contribution is 2.25. The number of amides is 1. The van der Waals surface area contributed by atoms with Gasteiger partial charge < -0.3 is 14.0 Å². The Morgan fingerprint density at radius 2 is 2.00 bits per heavy atom. The van der Waals surface area contributed by atoms with Crippen LogP contribution < -0.4 is 0 Å². The first-order valence-corrected chi connectivity index (χ1v) is 8.46. The van der Waals surface area contributed by atoms with Gasteiger partial charge in [0.05, 0.1) is 0 Å². The van der Waals surface area contributed by atoms with Crippen LogP contribution in [0.25, 0.3) is 11.4 Å². The second-order valence-corrected chi connectivity index (χ2v) is 6.65. The summed E-state index contributed by atoms with van der Waals surface area (Å²) < 4.78 is 4.11. The van der Waals surface area contributed by atoms with E-state index >= 15 is 0 Å². The van der Waals surface area contributed by atoms with Crippen LogP contribution in [0, 0.1) is 12.8 Å². The zero-order valence-corrected chi connectivity index (χ0v) is 14.5. The summed E-state index contributed by atoms with van der Waals surface area (Å²) in [6, 6.07) is 7.73. The molecule has 0 unspecified atom stereocenters. The lowest BCUT2D eigenvalue weighted by Gasteiger charge is -2.39. The monoisotopic (exact) mass is 335 g/mol. The number of pyridine rings is 1. The number of aryl methyl sites for hydroxylation is 2. The number of rotatable bonds is 4. The van der Waals surface area contributed by atoms with Crippen LogP contribution in [-0.2, 0) is 13.6 Å². The Kier molecular flexibility index (Phi) is 3.87. The predicted molar refractivity (Wildman–Crippen MR) is 95.0 cm³/mol. The molecule has 0 bridgehead atoms. The fraction of sp³-hybridized carbons (Fsp3) is 0.316. The molecule has 4 rings (SSSR count). The fourth-order valence-corrected chi connectivity index (χ4v) is 3.38. The van der Waals surface area contributed by atoms with Gasteiger partial charge in [0.25, 0.3) is 5.91 Å². The van der Waals surface area contributed by atoms with Crippen LogP contribution in [0.15, 0.2) is 49.1 Å². The molecule has 1 fully saturated rings. The SMILES string of the molecule is Cc1cnc(-c2ccncc2)n1CC1CN(C(=O)c2cccn2C)C1. The lowest BCUT2D eigenvalue weighted by Crippen LogP contribution is -2.51. The lowest BCUT2D eigenvalue weighted by atomic mass is 9.99. The van der Waals surface area contributed by atoms with Crippen molar-refractivity contribution >= 4 is 5.91 Å². The van der Waals surface area contributed by atoms with Crippen LogP contribution in [0.2, 0.25) is 0 Å². The molecule has 0 spiro atoms. The van der Waals surface area contributed by atoms with Crippen molar-refractivity contribution < 1.29 is 4.79 Å². The third-order valence-corrected chi connectivity index (χ3v) is 4.84. The highest BCUT2D eigenvalue weighted by atomic mass is 16.2. The van der Waals surface area contributed by atoms with Crippen LogP contribution in [0.4, 0.5) is 0 Å². The summed E-state index contributed by atoms with van der Waals surface area (Å²) in [5.41, 5.74) is 2.95. The minimum absolute atomic E-state index is 0.112. The van der Waals surface area contributed by atoms with E-state index in [2.05, 4.69) is 21.5 Å². The Morgan fingerprint density at radius 3 is 2.68 bits per heavy atom. The van der Waals surface area contributed by atoms with Crippen molar-refractivity contribution in [2.75, 3.05) is 13.1 Å². The second kappa shape index (κ2) is 6.20.